The molecular weight excluding hydrogens is 277 g/mol. The highest BCUT2D eigenvalue weighted by molar-refractivity contribution is 7.09. The van der Waals surface area contributed by atoms with Crippen LogP contribution in [0.1, 0.15) is 0 Å². The monoisotopic (exact) mass is 283 g/mol. The van der Waals surface area contributed by atoms with Crippen LogP contribution >= 0.6 is 34.5 Å². The maximum absolute atomic E-state index is 6.05. The quantitative estimate of drug-likeness (QED) is 0.717. The molecule has 2 heterocycles. The van der Waals surface area contributed by atoms with Crippen LogP contribution in [0.3, 0.4) is 0 Å². The fourth-order valence-corrected chi connectivity index (χ4v) is 2.73. The average Bonchev–Trinajstić information content (AvgIpc) is 2.87. The first kappa shape index (κ1) is 10.9. The van der Waals surface area contributed by atoms with Gasteiger partial charge in [-0.3, -0.25) is 0 Å². The first-order valence-electron chi connectivity index (χ1n) is 4.87. The largest absolute Gasteiger partial charge is 0.324 e. The van der Waals surface area contributed by atoms with E-state index >= 15 is 0 Å². The van der Waals surface area contributed by atoms with Crippen molar-refractivity contribution in [1.29, 1.82) is 0 Å². The molecule has 0 saturated heterocycles. The third-order valence-corrected chi connectivity index (χ3v) is 3.82. The molecule has 0 aliphatic carbocycles. The van der Waals surface area contributed by atoms with Gasteiger partial charge in [0.15, 0.2) is 0 Å². The number of anilines is 2. The third-order valence-electron chi connectivity index (χ3n) is 2.33. The second kappa shape index (κ2) is 4.22. The van der Waals surface area contributed by atoms with Crippen LogP contribution in [0.15, 0.2) is 29.0 Å². The van der Waals surface area contributed by atoms with Crippen LogP contribution in [0.25, 0.3) is 11.0 Å². The van der Waals surface area contributed by atoms with Gasteiger partial charge in [-0.15, -0.1) is 11.3 Å². The number of rotatable bonds is 2. The Labute approximate surface area is 111 Å². The minimum Gasteiger partial charge on any atom is -0.324 e. The van der Waals surface area contributed by atoms with Gasteiger partial charge in [-0.05, 0) is 12.1 Å². The zero-order valence-electron chi connectivity index (χ0n) is 8.50. The van der Waals surface area contributed by atoms with E-state index in [0.29, 0.717) is 16.0 Å². The summed E-state index contributed by atoms with van der Waals surface area (Å²) in [6, 6.07) is 5.62. The lowest BCUT2D eigenvalue weighted by molar-refractivity contribution is 1.32. The summed E-state index contributed by atoms with van der Waals surface area (Å²) in [6.07, 6.45) is 0. The van der Waals surface area contributed by atoms with Gasteiger partial charge >= 0.3 is 0 Å². The summed E-state index contributed by atoms with van der Waals surface area (Å²) in [5.74, 6) is 0.633. The maximum atomic E-state index is 6.05. The SMILES string of the molecule is Clc1cscc1Nc1nc2c(Cl)cccc2[nH]1. The molecule has 0 spiro atoms. The predicted molar refractivity (Wildman–Crippen MR) is 73.7 cm³/mol. The molecule has 3 rings (SSSR count). The number of aromatic nitrogens is 2. The van der Waals surface area contributed by atoms with Gasteiger partial charge in [0.25, 0.3) is 0 Å². The van der Waals surface area contributed by atoms with Crippen LogP contribution in [-0.4, -0.2) is 9.97 Å². The van der Waals surface area contributed by atoms with Crippen molar-refractivity contribution < 1.29 is 0 Å². The molecule has 0 amide bonds. The fourth-order valence-electron chi connectivity index (χ4n) is 1.55. The van der Waals surface area contributed by atoms with Crippen LogP contribution in [0.4, 0.5) is 11.6 Å². The molecule has 3 nitrogen and oxygen atoms in total. The number of hydrogen-bond acceptors (Lipinski definition) is 3. The fraction of sp³-hybridized carbons (Fsp3) is 0. The maximum Gasteiger partial charge on any atom is 0.205 e. The highest BCUT2D eigenvalue weighted by Gasteiger charge is 2.07. The Morgan fingerprint density at radius 2 is 2.06 bits per heavy atom. The number of thiophene rings is 1. The summed E-state index contributed by atoms with van der Waals surface area (Å²) < 4.78 is 0. The van der Waals surface area contributed by atoms with Crippen LogP contribution in [0, 0.1) is 0 Å². The third kappa shape index (κ3) is 1.99. The zero-order chi connectivity index (χ0) is 11.8. The van der Waals surface area contributed by atoms with Crippen LogP contribution in [0.2, 0.25) is 10.0 Å². The Morgan fingerprint density at radius 1 is 1.18 bits per heavy atom. The molecule has 6 heteroatoms. The molecule has 17 heavy (non-hydrogen) atoms. The summed E-state index contributed by atoms with van der Waals surface area (Å²) in [5.41, 5.74) is 2.49. The Kier molecular flexibility index (Phi) is 2.70. The lowest BCUT2D eigenvalue weighted by atomic mass is 10.3. The highest BCUT2D eigenvalue weighted by Crippen LogP contribution is 2.29. The molecule has 0 saturated carbocycles. The van der Waals surface area contributed by atoms with Crippen molar-refractivity contribution in [2.75, 3.05) is 5.32 Å². The molecule has 0 aliphatic heterocycles. The van der Waals surface area contributed by atoms with E-state index in [9.17, 15) is 0 Å². The van der Waals surface area contributed by atoms with Gasteiger partial charge in [-0.25, -0.2) is 4.98 Å². The Bertz CT molecular complexity index is 674. The van der Waals surface area contributed by atoms with Gasteiger partial charge in [-0.1, -0.05) is 29.3 Å². The Hall–Kier alpha value is -1.23. The van der Waals surface area contributed by atoms with Crippen molar-refractivity contribution in [2.45, 2.75) is 0 Å². The summed E-state index contributed by atoms with van der Waals surface area (Å²) in [5, 5.41) is 8.22. The van der Waals surface area contributed by atoms with Gasteiger partial charge in [0.05, 0.1) is 21.2 Å². The molecule has 0 atom stereocenters. The van der Waals surface area contributed by atoms with E-state index in [4.69, 9.17) is 23.2 Å². The normalized spacial score (nSPS) is 10.9. The van der Waals surface area contributed by atoms with Crippen molar-refractivity contribution in [3.63, 3.8) is 0 Å². The number of imidazole rings is 1. The van der Waals surface area contributed by atoms with Crippen molar-refractivity contribution in [1.82, 2.24) is 9.97 Å². The molecule has 2 aromatic heterocycles. The van der Waals surface area contributed by atoms with Crippen molar-refractivity contribution in [3.05, 3.63) is 39.0 Å². The number of nitrogens with zero attached hydrogens (tertiary/aromatic N) is 1. The van der Waals surface area contributed by atoms with E-state index in [2.05, 4.69) is 15.3 Å². The van der Waals surface area contributed by atoms with Gasteiger partial charge in [0, 0.05) is 10.8 Å². The number of halogens is 2. The Morgan fingerprint density at radius 3 is 2.76 bits per heavy atom. The standard InChI is InChI=1S/C11H7Cl2N3S/c12-6-2-1-3-8-10(6)16-11(14-8)15-9-5-17-4-7(9)13/h1-5H,(H2,14,15,16). The number of aromatic amines is 1. The minimum absolute atomic E-state index is 0.628. The average molecular weight is 284 g/mol. The van der Waals surface area contributed by atoms with Gasteiger partial charge in [-0.2, -0.15) is 0 Å². The first-order valence-corrected chi connectivity index (χ1v) is 6.57. The molecule has 0 unspecified atom stereocenters. The van der Waals surface area contributed by atoms with E-state index in [0.717, 1.165) is 16.7 Å². The summed E-state index contributed by atoms with van der Waals surface area (Å²) in [4.78, 5) is 7.52. The summed E-state index contributed by atoms with van der Waals surface area (Å²) in [6.45, 7) is 0. The molecule has 86 valence electrons. The molecule has 1 aromatic carbocycles. The second-order valence-corrected chi connectivity index (χ2v) is 5.04. The topological polar surface area (TPSA) is 40.7 Å². The predicted octanol–water partition coefficient (Wildman–Crippen LogP) is 4.67. The smallest absolute Gasteiger partial charge is 0.205 e. The van der Waals surface area contributed by atoms with Crippen molar-refractivity contribution >= 4 is 57.2 Å². The van der Waals surface area contributed by atoms with E-state index in [-0.39, 0.29) is 0 Å². The number of benzene rings is 1. The minimum atomic E-state index is 0.628. The van der Waals surface area contributed by atoms with Gasteiger partial charge < -0.3 is 10.3 Å². The molecule has 3 aromatic rings. The van der Waals surface area contributed by atoms with E-state index in [1.807, 2.05) is 29.0 Å². The molecule has 2 N–H and O–H groups in total. The molecule has 0 radical (unpaired) electrons. The van der Waals surface area contributed by atoms with Gasteiger partial charge in [0.2, 0.25) is 5.95 Å². The zero-order valence-corrected chi connectivity index (χ0v) is 10.8. The van der Waals surface area contributed by atoms with Crippen LogP contribution in [-0.2, 0) is 0 Å². The number of nitrogens with one attached hydrogen (secondary N) is 2. The molecule has 0 aliphatic rings. The van der Waals surface area contributed by atoms with Crippen molar-refractivity contribution in [2.24, 2.45) is 0 Å². The highest BCUT2D eigenvalue weighted by atomic mass is 35.5. The van der Waals surface area contributed by atoms with Crippen molar-refractivity contribution in [3.8, 4) is 0 Å². The summed E-state index contributed by atoms with van der Waals surface area (Å²) in [7, 11) is 0. The van der Waals surface area contributed by atoms with Crippen LogP contribution in [0.5, 0.6) is 0 Å². The second-order valence-electron chi connectivity index (χ2n) is 3.48. The van der Waals surface area contributed by atoms with E-state index in [1.54, 1.807) is 0 Å². The molecule has 0 bridgehead atoms. The lowest BCUT2D eigenvalue weighted by Crippen LogP contribution is -1.90. The molecule has 0 fully saturated rings. The summed E-state index contributed by atoms with van der Waals surface area (Å²) >= 11 is 13.6. The van der Waals surface area contributed by atoms with Crippen LogP contribution < -0.4 is 5.32 Å². The number of H-pyrrole nitrogens is 1. The Balaban J connectivity index is 2.02. The van der Waals surface area contributed by atoms with E-state index < -0.39 is 0 Å². The molecular formula is C11H7Cl2N3S. The number of fused-ring (bicyclic) bond motifs is 1. The number of para-hydroxylation sites is 1. The first-order chi connectivity index (χ1) is 8.24. The lowest BCUT2D eigenvalue weighted by Gasteiger charge is -1.98. The van der Waals surface area contributed by atoms with E-state index in [1.165, 1.54) is 11.3 Å². The van der Waals surface area contributed by atoms with Gasteiger partial charge in [0.1, 0.15) is 5.52 Å². The number of hydrogen-bond donors (Lipinski definition) is 2.